The Balaban J connectivity index is 1.78. The summed E-state index contributed by atoms with van der Waals surface area (Å²) in [7, 11) is -1.05. The predicted molar refractivity (Wildman–Crippen MR) is 82.2 cm³/mol. The van der Waals surface area contributed by atoms with Gasteiger partial charge in [0.15, 0.2) is 9.84 Å². The van der Waals surface area contributed by atoms with E-state index in [1.807, 2.05) is 11.4 Å². The molecular weight excluding hydrogens is 296 g/mol. The van der Waals surface area contributed by atoms with Crippen LogP contribution in [0.25, 0.3) is 10.2 Å². The Hall–Kier alpha value is -1.41. The average molecular weight is 312 g/mol. The Labute approximate surface area is 121 Å². The number of hydrogen-bond donors (Lipinski definition) is 2. The van der Waals surface area contributed by atoms with Gasteiger partial charge in [0.1, 0.15) is 10.6 Å². The smallest absolute Gasteiger partial charge is 0.225 e. The van der Waals surface area contributed by atoms with Crippen LogP contribution in [0, 0.1) is 5.92 Å². The van der Waals surface area contributed by atoms with Crippen molar-refractivity contribution in [2.75, 3.05) is 35.7 Å². The van der Waals surface area contributed by atoms with Gasteiger partial charge in [0.05, 0.1) is 16.9 Å². The van der Waals surface area contributed by atoms with Crippen LogP contribution in [0.5, 0.6) is 0 Å². The molecule has 0 bridgehead atoms. The monoisotopic (exact) mass is 312 g/mol. The van der Waals surface area contributed by atoms with Gasteiger partial charge < -0.3 is 10.6 Å². The summed E-state index contributed by atoms with van der Waals surface area (Å²) in [5, 5.41) is 9.18. The second-order valence-corrected chi connectivity index (χ2v) is 8.06. The first-order valence-corrected chi connectivity index (χ1v) is 9.15. The van der Waals surface area contributed by atoms with Crippen molar-refractivity contribution in [1.82, 2.24) is 9.97 Å². The lowest BCUT2D eigenvalue weighted by Gasteiger charge is -2.11. The first-order chi connectivity index (χ1) is 9.57. The van der Waals surface area contributed by atoms with Crippen molar-refractivity contribution in [3.63, 3.8) is 0 Å². The highest BCUT2D eigenvalue weighted by molar-refractivity contribution is 7.91. The van der Waals surface area contributed by atoms with Gasteiger partial charge in [-0.15, -0.1) is 11.3 Å². The van der Waals surface area contributed by atoms with Crippen molar-refractivity contribution in [3.8, 4) is 0 Å². The number of nitrogens with zero attached hydrogens (tertiary/aromatic N) is 2. The van der Waals surface area contributed by atoms with Crippen LogP contribution < -0.4 is 10.6 Å². The normalized spacial score (nSPS) is 21.1. The van der Waals surface area contributed by atoms with Gasteiger partial charge in [-0.2, -0.15) is 4.98 Å². The molecule has 0 aliphatic carbocycles. The number of rotatable bonds is 4. The summed E-state index contributed by atoms with van der Waals surface area (Å²) in [5.41, 5.74) is 0. The number of sulfone groups is 1. The lowest BCUT2D eigenvalue weighted by molar-refractivity contribution is 0.596. The zero-order chi connectivity index (χ0) is 14.2. The fourth-order valence-electron chi connectivity index (χ4n) is 2.38. The molecule has 0 spiro atoms. The first-order valence-electron chi connectivity index (χ1n) is 6.45. The number of nitrogens with one attached hydrogen (secondary N) is 2. The van der Waals surface area contributed by atoms with Gasteiger partial charge in [-0.25, -0.2) is 13.4 Å². The summed E-state index contributed by atoms with van der Waals surface area (Å²) in [6.45, 7) is 0.629. The number of aromatic nitrogens is 2. The quantitative estimate of drug-likeness (QED) is 0.892. The Morgan fingerprint density at radius 2 is 2.30 bits per heavy atom. The summed E-state index contributed by atoms with van der Waals surface area (Å²) in [6, 6.07) is 1.98. The molecule has 3 rings (SSSR count). The van der Waals surface area contributed by atoms with E-state index in [0.717, 1.165) is 22.5 Å². The minimum Gasteiger partial charge on any atom is -0.369 e. The summed E-state index contributed by atoms with van der Waals surface area (Å²) < 4.78 is 22.9. The zero-order valence-corrected chi connectivity index (χ0v) is 12.7. The summed E-state index contributed by atoms with van der Waals surface area (Å²) in [4.78, 5) is 9.71. The van der Waals surface area contributed by atoms with Crippen molar-refractivity contribution in [2.24, 2.45) is 5.92 Å². The molecule has 1 unspecified atom stereocenters. The van der Waals surface area contributed by atoms with E-state index >= 15 is 0 Å². The highest BCUT2D eigenvalue weighted by Crippen LogP contribution is 2.27. The molecule has 6 nitrogen and oxygen atoms in total. The van der Waals surface area contributed by atoms with E-state index in [9.17, 15) is 8.42 Å². The van der Waals surface area contributed by atoms with E-state index in [4.69, 9.17) is 0 Å². The van der Waals surface area contributed by atoms with Crippen molar-refractivity contribution in [1.29, 1.82) is 0 Å². The zero-order valence-electron chi connectivity index (χ0n) is 11.1. The predicted octanol–water partition coefficient (Wildman–Crippen LogP) is 1.58. The largest absolute Gasteiger partial charge is 0.369 e. The fourth-order valence-corrected chi connectivity index (χ4v) is 5.00. The Kier molecular flexibility index (Phi) is 3.51. The average Bonchev–Trinajstić information content (AvgIpc) is 3.01. The Morgan fingerprint density at radius 3 is 3.00 bits per heavy atom. The Bertz CT molecular complexity index is 726. The number of fused-ring (bicyclic) bond motifs is 1. The summed E-state index contributed by atoms with van der Waals surface area (Å²) in [6.07, 6.45) is 0.728. The van der Waals surface area contributed by atoms with Crippen LogP contribution in [0.4, 0.5) is 11.8 Å². The maximum Gasteiger partial charge on any atom is 0.225 e. The molecule has 0 radical (unpaired) electrons. The molecular formula is C12H16N4O2S2. The third-order valence-corrected chi connectivity index (χ3v) is 6.08. The van der Waals surface area contributed by atoms with Crippen molar-refractivity contribution >= 4 is 43.2 Å². The molecule has 2 N–H and O–H groups in total. The summed E-state index contributed by atoms with van der Waals surface area (Å²) >= 11 is 1.56. The molecule has 3 heterocycles. The highest BCUT2D eigenvalue weighted by Gasteiger charge is 2.27. The molecule has 20 heavy (non-hydrogen) atoms. The minimum absolute atomic E-state index is 0.168. The lowest BCUT2D eigenvalue weighted by Crippen LogP contribution is -2.16. The Morgan fingerprint density at radius 1 is 1.45 bits per heavy atom. The minimum atomic E-state index is -2.83. The standard InChI is InChI=1S/C12H16N4O2S2/c1-13-12-15-10(9-2-4-19-11(9)16-12)14-6-8-3-5-20(17,18)7-8/h2,4,8H,3,5-7H2,1H3,(H2,13,14,15,16). The molecule has 1 fully saturated rings. The van der Waals surface area contributed by atoms with E-state index in [-0.39, 0.29) is 11.7 Å². The number of thiophene rings is 1. The van der Waals surface area contributed by atoms with Crippen molar-refractivity contribution in [2.45, 2.75) is 6.42 Å². The van der Waals surface area contributed by atoms with E-state index in [0.29, 0.717) is 18.2 Å². The molecule has 1 aliphatic heterocycles. The molecule has 1 saturated heterocycles. The van der Waals surface area contributed by atoms with Crippen molar-refractivity contribution < 1.29 is 8.42 Å². The fraction of sp³-hybridized carbons (Fsp3) is 0.500. The second-order valence-electron chi connectivity index (χ2n) is 4.94. The third kappa shape index (κ3) is 2.71. The van der Waals surface area contributed by atoms with Crippen LogP contribution in [0.1, 0.15) is 6.42 Å². The molecule has 0 saturated carbocycles. The van der Waals surface area contributed by atoms with Crippen LogP contribution >= 0.6 is 11.3 Å². The van der Waals surface area contributed by atoms with E-state index in [2.05, 4.69) is 20.6 Å². The molecule has 0 amide bonds. The molecule has 1 atom stereocenters. The van der Waals surface area contributed by atoms with Gasteiger partial charge in [-0.05, 0) is 23.8 Å². The first kappa shape index (κ1) is 13.6. The van der Waals surface area contributed by atoms with Gasteiger partial charge in [-0.1, -0.05) is 0 Å². The SMILES string of the molecule is CNc1nc(NCC2CCS(=O)(=O)C2)c2ccsc2n1. The van der Waals surface area contributed by atoms with Crippen molar-refractivity contribution in [3.05, 3.63) is 11.4 Å². The van der Waals surface area contributed by atoms with Gasteiger partial charge >= 0.3 is 0 Å². The maximum absolute atomic E-state index is 11.5. The van der Waals surface area contributed by atoms with Crippen LogP contribution in [-0.2, 0) is 9.84 Å². The molecule has 8 heteroatoms. The van der Waals surface area contributed by atoms with Crippen LogP contribution in [0.15, 0.2) is 11.4 Å². The van der Waals surface area contributed by atoms with Gasteiger partial charge in [-0.3, -0.25) is 0 Å². The maximum atomic E-state index is 11.5. The highest BCUT2D eigenvalue weighted by atomic mass is 32.2. The topological polar surface area (TPSA) is 84.0 Å². The van der Waals surface area contributed by atoms with Gasteiger partial charge in [0.2, 0.25) is 5.95 Å². The van der Waals surface area contributed by atoms with E-state index in [1.165, 1.54) is 0 Å². The van der Waals surface area contributed by atoms with Crippen LogP contribution in [0.3, 0.4) is 0 Å². The molecule has 2 aromatic rings. The van der Waals surface area contributed by atoms with Gasteiger partial charge in [0.25, 0.3) is 0 Å². The van der Waals surface area contributed by atoms with Crippen LogP contribution in [-0.4, -0.2) is 43.5 Å². The van der Waals surface area contributed by atoms with E-state index in [1.54, 1.807) is 18.4 Å². The molecule has 0 aromatic carbocycles. The second kappa shape index (κ2) is 5.17. The number of anilines is 2. The van der Waals surface area contributed by atoms with Crippen LogP contribution in [0.2, 0.25) is 0 Å². The molecule has 2 aromatic heterocycles. The lowest BCUT2D eigenvalue weighted by atomic mass is 10.1. The summed E-state index contributed by atoms with van der Waals surface area (Å²) in [5.74, 6) is 2.09. The third-order valence-electron chi connectivity index (χ3n) is 3.43. The molecule has 108 valence electrons. The van der Waals surface area contributed by atoms with E-state index < -0.39 is 9.84 Å². The molecule has 1 aliphatic rings. The van der Waals surface area contributed by atoms with Gasteiger partial charge in [0, 0.05) is 13.6 Å². The number of hydrogen-bond acceptors (Lipinski definition) is 7.